The molecule has 2 saturated heterocycles. The van der Waals surface area contributed by atoms with E-state index in [-0.39, 0.29) is 59.2 Å². The van der Waals surface area contributed by atoms with E-state index in [0.717, 1.165) is 70.7 Å². The summed E-state index contributed by atoms with van der Waals surface area (Å²) in [5.74, 6) is -1.18. The Labute approximate surface area is 335 Å². The van der Waals surface area contributed by atoms with E-state index >= 15 is 4.39 Å². The quantitative estimate of drug-likeness (QED) is 0.135. The van der Waals surface area contributed by atoms with E-state index < -0.39 is 11.9 Å². The van der Waals surface area contributed by atoms with Gasteiger partial charge in [-0.2, -0.15) is 0 Å². The SMILES string of the molecule is O=C1CC[C@@H](Nc2ccc(N3CCN(C4CCC(NC(=O)C5CCC(Nc6ncc(F)c(-c7cccc(-c8ccc[nH]c8=O)c7)n6)CC5)CC4)CC3)c(F)c2)C(=O)N1. The highest BCUT2D eigenvalue weighted by atomic mass is 19.1. The van der Waals surface area contributed by atoms with Crippen molar-refractivity contribution in [3.8, 4) is 22.4 Å². The first-order valence-electron chi connectivity index (χ1n) is 20.4. The Kier molecular flexibility index (Phi) is 11.8. The number of H-pyrrole nitrogens is 1. The molecule has 15 heteroatoms. The summed E-state index contributed by atoms with van der Waals surface area (Å²) in [5, 5.41) is 12.1. The minimum Gasteiger partial charge on any atom is -0.374 e. The fraction of sp³-hybridized carbons (Fsp3) is 0.442. The van der Waals surface area contributed by atoms with Gasteiger partial charge in [-0.05, 0) is 99.7 Å². The highest BCUT2D eigenvalue weighted by molar-refractivity contribution is 6.01. The first-order valence-corrected chi connectivity index (χ1v) is 20.4. The number of aromatic amines is 1. The maximum Gasteiger partial charge on any atom is 0.255 e. The van der Waals surface area contributed by atoms with Crippen LogP contribution in [0.1, 0.15) is 64.2 Å². The Morgan fingerprint density at radius 1 is 0.776 bits per heavy atom. The zero-order chi connectivity index (χ0) is 40.2. The average molecular weight is 794 g/mol. The lowest BCUT2D eigenvalue weighted by molar-refractivity contribution is -0.133. The second kappa shape index (κ2) is 17.4. The Balaban J connectivity index is 0.760. The monoisotopic (exact) mass is 793 g/mol. The van der Waals surface area contributed by atoms with E-state index in [1.54, 1.807) is 54.7 Å². The van der Waals surface area contributed by atoms with Crippen LogP contribution in [-0.2, 0) is 14.4 Å². The molecule has 58 heavy (non-hydrogen) atoms. The number of carbonyl (C=O) groups is 3. The zero-order valence-corrected chi connectivity index (χ0v) is 32.3. The van der Waals surface area contributed by atoms with Crippen LogP contribution in [-0.4, -0.2) is 87.9 Å². The molecule has 0 spiro atoms. The Morgan fingerprint density at radius 3 is 2.28 bits per heavy atom. The number of carbonyl (C=O) groups excluding carboxylic acids is 3. The average Bonchev–Trinajstić information content (AvgIpc) is 3.23. The summed E-state index contributed by atoms with van der Waals surface area (Å²) in [6.45, 7) is 3.10. The minimum atomic E-state index is -0.562. The van der Waals surface area contributed by atoms with Crippen LogP contribution < -0.4 is 31.7 Å². The van der Waals surface area contributed by atoms with Crippen molar-refractivity contribution in [2.75, 3.05) is 41.7 Å². The van der Waals surface area contributed by atoms with Gasteiger partial charge in [0.25, 0.3) is 5.56 Å². The molecule has 13 nitrogen and oxygen atoms in total. The first kappa shape index (κ1) is 39.1. The minimum absolute atomic E-state index is 0.0555. The second-order valence-electron chi connectivity index (χ2n) is 15.9. The smallest absolute Gasteiger partial charge is 0.255 e. The molecule has 4 heterocycles. The summed E-state index contributed by atoms with van der Waals surface area (Å²) in [4.78, 5) is 65.2. The fourth-order valence-corrected chi connectivity index (χ4v) is 8.92. The molecular formula is C43H49F2N9O4. The molecule has 2 saturated carbocycles. The van der Waals surface area contributed by atoms with Crippen molar-refractivity contribution < 1.29 is 23.2 Å². The number of hydrogen-bond donors (Lipinski definition) is 5. The van der Waals surface area contributed by atoms with Crippen LogP contribution in [0.5, 0.6) is 0 Å². The van der Waals surface area contributed by atoms with Crippen molar-refractivity contribution in [1.82, 2.24) is 30.5 Å². The number of anilines is 3. The van der Waals surface area contributed by atoms with Gasteiger partial charge >= 0.3 is 0 Å². The van der Waals surface area contributed by atoms with E-state index in [4.69, 9.17) is 0 Å². The van der Waals surface area contributed by atoms with Gasteiger partial charge in [-0.3, -0.25) is 29.4 Å². The molecular weight excluding hydrogens is 745 g/mol. The number of aromatic nitrogens is 3. The molecule has 2 aromatic heterocycles. The van der Waals surface area contributed by atoms with Crippen LogP contribution in [0.15, 0.2) is 71.8 Å². The van der Waals surface area contributed by atoms with Gasteiger partial charge in [0.1, 0.15) is 17.6 Å². The van der Waals surface area contributed by atoms with Crippen LogP contribution >= 0.6 is 0 Å². The molecule has 4 fully saturated rings. The number of hydrogen-bond acceptors (Lipinski definition) is 10. The summed E-state index contributed by atoms with van der Waals surface area (Å²) in [6.07, 6.45) is 10.3. The van der Waals surface area contributed by atoms with Crippen molar-refractivity contribution in [2.45, 2.75) is 88.4 Å². The number of halogens is 2. The van der Waals surface area contributed by atoms with Crippen molar-refractivity contribution in [2.24, 2.45) is 5.92 Å². The molecule has 2 aliphatic heterocycles. The second-order valence-corrected chi connectivity index (χ2v) is 15.9. The highest BCUT2D eigenvalue weighted by Gasteiger charge is 2.33. The molecule has 304 valence electrons. The van der Waals surface area contributed by atoms with Gasteiger partial charge in [-0.15, -0.1) is 0 Å². The third kappa shape index (κ3) is 9.04. The Hall–Kier alpha value is -5.70. The van der Waals surface area contributed by atoms with Crippen LogP contribution in [0.4, 0.5) is 26.1 Å². The van der Waals surface area contributed by atoms with E-state index in [1.807, 2.05) is 0 Å². The maximum atomic E-state index is 15.2. The van der Waals surface area contributed by atoms with E-state index in [2.05, 4.69) is 46.0 Å². The van der Waals surface area contributed by atoms with Gasteiger partial charge in [-0.1, -0.05) is 18.2 Å². The number of amides is 3. The number of nitrogens with zero attached hydrogens (tertiary/aromatic N) is 4. The molecule has 5 N–H and O–H groups in total. The molecule has 8 rings (SSSR count). The van der Waals surface area contributed by atoms with Crippen LogP contribution in [0.3, 0.4) is 0 Å². The number of piperazine rings is 1. The van der Waals surface area contributed by atoms with Crippen molar-refractivity contribution >= 4 is 35.0 Å². The fourth-order valence-electron chi connectivity index (χ4n) is 8.92. The summed E-state index contributed by atoms with van der Waals surface area (Å²) in [5.41, 5.74) is 2.67. The lowest BCUT2D eigenvalue weighted by Crippen LogP contribution is -2.52. The van der Waals surface area contributed by atoms with Gasteiger partial charge in [-0.25, -0.2) is 18.7 Å². The van der Waals surface area contributed by atoms with Gasteiger partial charge in [0, 0.05) is 79.7 Å². The van der Waals surface area contributed by atoms with Gasteiger partial charge in [0.15, 0.2) is 5.82 Å². The van der Waals surface area contributed by atoms with Crippen LogP contribution in [0.25, 0.3) is 22.4 Å². The Morgan fingerprint density at radius 2 is 1.53 bits per heavy atom. The first-order chi connectivity index (χ1) is 28.2. The number of pyridine rings is 1. The highest BCUT2D eigenvalue weighted by Crippen LogP contribution is 2.31. The zero-order valence-electron chi connectivity index (χ0n) is 32.3. The summed E-state index contributed by atoms with van der Waals surface area (Å²) < 4.78 is 30.2. The summed E-state index contributed by atoms with van der Waals surface area (Å²) in [7, 11) is 0. The topological polar surface area (TPSA) is 164 Å². The van der Waals surface area contributed by atoms with E-state index in [9.17, 15) is 23.6 Å². The largest absolute Gasteiger partial charge is 0.374 e. The standard InChI is InChI=1S/C43H49F2N9O4/c44-34-24-31(48-36-15-17-38(55)51-42(36)58)12-16-37(34)54-21-19-53(20-22-54)32-13-10-29(11-14-32)49-40(56)26-6-8-30(9-7-26)50-43-47-25-35(45)39(52-43)28-4-1-3-27(23-28)33-5-2-18-46-41(33)57/h1-5,12,16,18,23-26,29-30,32,36,48H,6-11,13-15,17,19-22H2,(H,46,57)(H,49,56)(H,47,50,52)(H,51,55,58)/t26?,29?,30?,32?,36-/m1/s1. The number of benzene rings is 2. The number of piperidine rings is 1. The molecule has 4 aliphatic rings. The van der Waals surface area contributed by atoms with Gasteiger partial charge in [0.2, 0.25) is 23.7 Å². The predicted octanol–water partition coefficient (Wildman–Crippen LogP) is 5.21. The molecule has 0 radical (unpaired) electrons. The Bertz CT molecular complexity index is 2190. The van der Waals surface area contributed by atoms with Crippen molar-refractivity contribution in [3.63, 3.8) is 0 Å². The summed E-state index contributed by atoms with van der Waals surface area (Å²) in [6, 6.07) is 15.6. The molecule has 2 aromatic carbocycles. The van der Waals surface area contributed by atoms with Gasteiger partial charge < -0.3 is 25.8 Å². The maximum absolute atomic E-state index is 15.2. The lowest BCUT2D eigenvalue weighted by Gasteiger charge is -2.43. The molecule has 2 aliphatic carbocycles. The normalized spacial score (nSPS) is 24.2. The van der Waals surface area contributed by atoms with Crippen LogP contribution in [0.2, 0.25) is 0 Å². The van der Waals surface area contributed by atoms with Crippen molar-refractivity contribution in [1.29, 1.82) is 0 Å². The molecule has 4 aromatic rings. The number of rotatable bonds is 10. The van der Waals surface area contributed by atoms with Crippen LogP contribution in [0, 0.1) is 17.6 Å². The predicted molar refractivity (Wildman–Crippen MR) is 217 cm³/mol. The van der Waals surface area contributed by atoms with E-state index in [0.29, 0.717) is 59.6 Å². The van der Waals surface area contributed by atoms with Gasteiger partial charge in [0.05, 0.1) is 11.9 Å². The summed E-state index contributed by atoms with van der Waals surface area (Å²) >= 11 is 0. The molecule has 3 amide bonds. The van der Waals surface area contributed by atoms with E-state index in [1.165, 1.54) is 6.07 Å². The molecule has 0 bridgehead atoms. The third-order valence-electron chi connectivity index (χ3n) is 12.2. The third-order valence-corrected chi connectivity index (χ3v) is 12.2. The lowest BCUT2D eigenvalue weighted by atomic mass is 9.84. The molecule has 1 atom stereocenters. The molecule has 0 unspecified atom stereocenters. The number of imide groups is 1. The number of nitrogens with one attached hydrogen (secondary N) is 5. The van der Waals surface area contributed by atoms with Crippen molar-refractivity contribution in [3.05, 3.63) is 89.0 Å².